The van der Waals surface area contributed by atoms with E-state index in [1.54, 1.807) is 0 Å². The van der Waals surface area contributed by atoms with E-state index in [1.807, 2.05) is 6.07 Å². The van der Waals surface area contributed by atoms with Crippen molar-refractivity contribution in [1.29, 1.82) is 5.26 Å². The zero-order valence-electron chi connectivity index (χ0n) is 11.1. The second-order valence-corrected chi connectivity index (χ2v) is 6.25. The van der Waals surface area contributed by atoms with Crippen molar-refractivity contribution in [2.45, 2.75) is 4.90 Å². The number of sulfonamides is 1. The summed E-state index contributed by atoms with van der Waals surface area (Å²) in [5.74, 6) is -0.456. The number of anilines is 2. The van der Waals surface area contributed by atoms with E-state index >= 15 is 0 Å². The maximum Gasteiger partial charge on any atom is 0.266 e. The van der Waals surface area contributed by atoms with Crippen LogP contribution in [-0.2, 0) is 10.0 Å². The van der Waals surface area contributed by atoms with Crippen LogP contribution in [0.1, 0.15) is 5.56 Å². The van der Waals surface area contributed by atoms with E-state index in [9.17, 15) is 12.8 Å². The van der Waals surface area contributed by atoms with Gasteiger partial charge in [0.15, 0.2) is 0 Å². The predicted octanol–water partition coefficient (Wildman–Crippen LogP) is 2.10. The Morgan fingerprint density at radius 3 is 2.33 bits per heavy atom. The second kappa shape index (κ2) is 5.42. The highest BCUT2D eigenvalue weighted by molar-refractivity contribution is 7.93. The largest absolute Gasteiger partial charge is 0.398 e. The molecule has 7 heteroatoms. The minimum atomic E-state index is -3.88. The highest BCUT2D eigenvalue weighted by atomic mass is 32.2. The monoisotopic (exact) mass is 305 g/mol. The molecule has 5 nitrogen and oxygen atoms in total. The van der Waals surface area contributed by atoms with Gasteiger partial charge in [-0.15, -0.1) is 0 Å². The van der Waals surface area contributed by atoms with E-state index in [0.29, 0.717) is 5.69 Å². The van der Waals surface area contributed by atoms with Gasteiger partial charge in [-0.1, -0.05) is 0 Å². The molecule has 21 heavy (non-hydrogen) atoms. The van der Waals surface area contributed by atoms with Gasteiger partial charge in [0.25, 0.3) is 10.0 Å². The summed E-state index contributed by atoms with van der Waals surface area (Å²) < 4.78 is 38.9. The average Bonchev–Trinajstić information content (AvgIpc) is 2.46. The molecule has 0 aliphatic heterocycles. The maximum absolute atomic E-state index is 12.9. The first-order chi connectivity index (χ1) is 9.86. The fourth-order valence-electron chi connectivity index (χ4n) is 1.79. The molecule has 2 aromatic carbocycles. The van der Waals surface area contributed by atoms with Crippen molar-refractivity contribution in [2.24, 2.45) is 0 Å². The summed E-state index contributed by atoms with van der Waals surface area (Å²) in [6.07, 6.45) is 0. The van der Waals surface area contributed by atoms with Crippen LogP contribution in [0.3, 0.4) is 0 Å². The van der Waals surface area contributed by atoms with Gasteiger partial charge in [0.2, 0.25) is 0 Å². The number of hydrogen-bond acceptors (Lipinski definition) is 4. The first-order valence-corrected chi connectivity index (χ1v) is 7.34. The second-order valence-electron chi connectivity index (χ2n) is 4.31. The number of nitrogen functional groups attached to an aromatic ring is 1. The number of nitrogens with two attached hydrogens (primary N) is 1. The number of benzene rings is 2. The SMILES string of the molecule is CN(c1ccc(F)cc1)S(=O)(=O)c1ccc(C#N)cc1N. The molecule has 0 heterocycles. The van der Waals surface area contributed by atoms with Crippen molar-refractivity contribution in [3.05, 3.63) is 53.8 Å². The molecule has 0 aliphatic carbocycles. The summed E-state index contributed by atoms with van der Waals surface area (Å²) in [5, 5.41) is 8.77. The normalized spacial score (nSPS) is 10.9. The van der Waals surface area contributed by atoms with E-state index in [4.69, 9.17) is 11.0 Å². The minimum Gasteiger partial charge on any atom is -0.398 e. The van der Waals surface area contributed by atoms with Crippen molar-refractivity contribution < 1.29 is 12.8 Å². The summed E-state index contributed by atoms with van der Waals surface area (Å²) in [4.78, 5) is -0.103. The summed E-state index contributed by atoms with van der Waals surface area (Å²) in [7, 11) is -2.54. The molecule has 2 N–H and O–H groups in total. The Labute approximate surface area is 122 Å². The smallest absolute Gasteiger partial charge is 0.266 e. The Hall–Kier alpha value is -2.59. The number of nitrogens with zero attached hydrogens (tertiary/aromatic N) is 2. The van der Waals surface area contributed by atoms with Crippen molar-refractivity contribution in [3.8, 4) is 6.07 Å². The van der Waals surface area contributed by atoms with Gasteiger partial charge < -0.3 is 5.73 Å². The van der Waals surface area contributed by atoms with Gasteiger partial charge in [-0.25, -0.2) is 12.8 Å². The van der Waals surface area contributed by atoms with Crippen molar-refractivity contribution in [1.82, 2.24) is 0 Å². The van der Waals surface area contributed by atoms with Crippen LogP contribution in [0, 0.1) is 17.1 Å². The molecule has 0 bridgehead atoms. The molecule has 0 fully saturated rings. The minimum absolute atomic E-state index is 0.0111. The molecule has 2 aromatic rings. The Kier molecular flexibility index (Phi) is 3.82. The van der Waals surface area contributed by atoms with Gasteiger partial charge >= 0.3 is 0 Å². The third-order valence-corrected chi connectivity index (χ3v) is 4.83. The van der Waals surface area contributed by atoms with Crippen LogP contribution >= 0.6 is 0 Å². The van der Waals surface area contributed by atoms with Crippen LogP contribution in [0.25, 0.3) is 0 Å². The average molecular weight is 305 g/mol. The molecule has 0 radical (unpaired) electrons. The molecule has 0 unspecified atom stereocenters. The van der Waals surface area contributed by atoms with Gasteiger partial charge in [0.1, 0.15) is 10.7 Å². The van der Waals surface area contributed by atoms with Crippen LogP contribution in [-0.4, -0.2) is 15.5 Å². The molecule has 0 atom stereocenters. The van der Waals surface area contributed by atoms with E-state index in [-0.39, 0.29) is 16.1 Å². The summed E-state index contributed by atoms with van der Waals surface area (Å²) >= 11 is 0. The molecule has 0 amide bonds. The molecule has 0 aliphatic rings. The van der Waals surface area contributed by atoms with Gasteiger partial charge in [-0.2, -0.15) is 5.26 Å². The first-order valence-electron chi connectivity index (χ1n) is 5.90. The van der Waals surface area contributed by atoms with Crippen LogP contribution < -0.4 is 10.0 Å². The summed E-state index contributed by atoms with van der Waals surface area (Å²) in [5.41, 5.74) is 6.27. The standard InChI is InChI=1S/C14H12FN3O2S/c1-18(12-5-3-11(15)4-6-12)21(19,20)14-7-2-10(9-16)8-13(14)17/h2-8H,17H2,1H3. The molecular formula is C14H12FN3O2S. The third kappa shape index (κ3) is 2.80. The van der Waals surface area contributed by atoms with Gasteiger partial charge in [0.05, 0.1) is 23.0 Å². The predicted molar refractivity (Wildman–Crippen MR) is 77.6 cm³/mol. The Morgan fingerprint density at radius 1 is 1.19 bits per heavy atom. The van der Waals surface area contributed by atoms with Crippen LogP contribution in [0.4, 0.5) is 15.8 Å². The fraction of sp³-hybridized carbons (Fsp3) is 0.0714. The molecule has 0 saturated heterocycles. The number of hydrogen-bond donors (Lipinski definition) is 1. The molecule has 2 rings (SSSR count). The lowest BCUT2D eigenvalue weighted by atomic mass is 10.2. The first kappa shape index (κ1) is 14.8. The zero-order chi connectivity index (χ0) is 15.6. The lowest BCUT2D eigenvalue weighted by molar-refractivity contribution is 0.594. The highest BCUT2D eigenvalue weighted by Crippen LogP contribution is 2.26. The lowest BCUT2D eigenvalue weighted by Crippen LogP contribution is -2.27. The van der Waals surface area contributed by atoms with Crippen molar-refractivity contribution >= 4 is 21.4 Å². The number of rotatable bonds is 3. The molecule has 108 valence electrons. The number of nitriles is 1. The number of halogens is 1. The van der Waals surface area contributed by atoms with E-state index in [0.717, 1.165) is 4.31 Å². The van der Waals surface area contributed by atoms with Crippen LogP contribution in [0.5, 0.6) is 0 Å². The summed E-state index contributed by atoms with van der Waals surface area (Å²) in [6, 6.07) is 10.9. The maximum atomic E-state index is 12.9. The molecule has 0 saturated carbocycles. The van der Waals surface area contributed by atoms with E-state index in [1.165, 1.54) is 49.5 Å². The topological polar surface area (TPSA) is 87.2 Å². The highest BCUT2D eigenvalue weighted by Gasteiger charge is 2.23. The Balaban J connectivity index is 2.47. The van der Waals surface area contributed by atoms with E-state index in [2.05, 4.69) is 0 Å². The Bertz CT molecular complexity index is 811. The molecular weight excluding hydrogens is 293 g/mol. The molecule has 0 spiro atoms. The Morgan fingerprint density at radius 2 is 1.81 bits per heavy atom. The lowest BCUT2D eigenvalue weighted by Gasteiger charge is -2.20. The summed E-state index contributed by atoms with van der Waals surface area (Å²) in [6.45, 7) is 0. The van der Waals surface area contributed by atoms with Crippen LogP contribution in [0.2, 0.25) is 0 Å². The fourth-order valence-corrected chi connectivity index (χ4v) is 3.08. The zero-order valence-corrected chi connectivity index (χ0v) is 11.9. The van der Waals surface area contributed by atoms with Gasteiger partial charge in [0, 0.05) is 7.05 Å². The molecule has 0 aromatic heterocycles. The van der Waals surface area contributed by atoms with Gasteiger partial charge in [-0.3, -0.25) is 4.31 Å². The van der Waals surface area contributed by atoms with Crippen molar-refractivity contribution in [2.75, 3.05) is 17.1 Å². The third-order valence-electron chi connectivity index (χ3n) is 2.97. The van der Waals surface area contributed by atoms with Crippen LogP contribution in [0.15, 0.2) is 47.4 Å². The quantitative estimate of drug-likeness (QED) is 0.880. The van der Waals surface area contributed by atoms with Crippen molar-refractivity contribution in [3.63, 3.8) is 0 Å². The van der Waals surface area contributed by atoms with Gasteiger partial charge in [-0.05, 0) is 42.5 Å². The van der Waals surface area contributed by atoms with E-state index < -0.39 is 15.8 Å².